The maximum Gasteiger partial charge on any atom is 0.167 e. The van der Waals surface area contributed by atoms with Crippen molar-refractivity contribution >= 4 is 0 Å². The Morgan fingerprint density at radius 2 is 1.25 bits per heavy atom. The van der Waals surface area contributed by atoms with Crippen molar-refractivity contribution in [2.24, 2.45) is 0 Å². The van der Waals surface area contributed by atoms with E-state index in [0.717, 1.165) is 25.7 Å². The van der Waals surface area contributed by atoms with Crippen LogP contribution in [-0.2, 0) is 28.4 Å². The molecule has 24 heavy (non-hydrogen) atoms. The lowest BCUT2D eigenvalue weighted by Crippen LogP contribution is -2.29. The molecule has 6 heteroatoms. The van der Waals surface area contributed by atoms with Crippen LogP contribution < -0.4 is 0 Å². The Hall–Kier alpha value is -0.240. The predicted molar refractivity (Wildman–Crippen MR) is 96.0 cm³/mol. The number of methoxy groups -OCH3 is 6. The van der Waals surface area contributed by atoms with E-state index >= 15 is 0 Å². The molecule has 0 aromatic rings. The van der Waals surface area contributed by atoms with E-state index < -0.39 is 5.79 Å². The normalized spacial score (nSPS) is 16.2. The van der Waals surface area contributed by atoms with Crippen LogP contribution in [0.2, 0.25) is 0 Å². The molecule has 1 saturated carbocycles. The highest BCUT2D eigenvalue weighted by atomic mass is 16.7. The van der Waals surface area contributed by atoms with Crippen molar-refractivity contribution in [3.8, 4) is 0 Å². The lowest BCUT2D eigenvalue weighted by Gasteiger charge is -2.24. The number of hydrogen-bond donors (Lipinski definition) is 0. The van der Waals surface area contributed by atoms with Gasteiger partial charge in [0.1, 0.15) is 0 Å². The fourth-order valence-electron chi connectivity index (χ4n) is 2.06. The summed E-state index contributed by atoms with van der Waals surface area (Å²) in [5.41, 5.74) is 0. The van der Waals surface area contributed by atoms with Gasteiger partial charge in [0.15, 0.2) is 17.9 Å². The molecule has 1 aliphatic carbocycles. The Morgan fingerprint density at radius 1 is 0.833 bits per heavy atom. The molecule has 0 bridgehead atoms. The lowest BCUT2D eigenvalue weighted by molar-refractivity contribution is -0.200. The van der Waals surface area contributed by atoms with Gasteiger partial charge in [-0.2, -0.15) is 0 Å². The molecule has 0 unspecified atom stereocenters. The molecule has 1 rings (SSSR count). The molecule has 0 heterocycles. The van der Waals surface area contributed by atoms with Crippen molar-refractivity contribution in [1.29, 1.82) is 0 Å². The van der Waals surface area contributed by atoms with Crippen LogP contribution in [0, 0.1) is 0 Å². The van der Waals surface area contributed by atoms with Crippen LogP contribution in [-0.4, -0.2) is 60.5 Å². The molecule has 1 aliphatic rings. The smallest absolute Gasteiger partial charge is 0.167 e. The Labute approximate surface area is 149 Å². The lowest BCUT2D eigenvalue weighted by atomic mass is 10.2. The van der Waals surface area contributed by atoms with Gasteiger partial charge < -0.3 is 28.4 Å². The fourth-order valence-corrected chi connectivity index (χ4v) is 2.06. The molecular weight excluding hydrogens is 312 g/mol. The first-order valence-electron chi connectivity index (χ1n) is 8.56. The van der Waals surface area contributed by atoms with Crippen molar-refractivity contribution in [3.05, 3.63) is 0 Å². The quantitative estimate of drug-likeness (QED) is 0.616. The van der Waals surface area contributed by atoms with Gasteiger partial charge in [0.2, 0.25) is 0 Å². The van der Waals surface area contributed by atoms with Gasteiger partial charge in [-0.3, -0.25) is 0 Å². The van der Waals surface area contributed by atoms with Crippen molar-refractivity contribution in [2.45, 2.75) is 77.2 Å². The minimum atomic E-state index is -0.417. The van der Waals surface area contributed by atoms with E-state index in [1.807, 2.05) is 13.8 Å². The van der Waals surface area contributed by atoms with E-state index in [1.165, 1.54) is 12.8 Å². The summed E-state index contributed by atoms with van der Waals surface area (Å²) in [5.74, 6) is -0.639. The molecule has 0 aromatic carbocycles. The van der Waals surface area contributed by atoms with Crippen LogP contribution in [0.4, 0.5) is 0 Å². The standard InChI is InChI=1S/C7H14O2.C6H14O2.C5H12O2/c1-8-7(9-2)5-3-4-6-7;1-4-5-6(7-2)8-3;1-5(2,6-3)7-4/h3-6H2,1-2H3;6H,4-5H2,1-3H3;1-4H3. The maximum absolute atomic E-state index is 5.23. The molecule has 0 aliphatic heterocycles. The van der Waals surface area contributed by atoms with Gasteiger partial charge in [-0.05, 0) is 33.1 Å². The summed E-state index contributed by atoms with van der Waals surface area (Å²) < 4.78 is 30.0. The maximum atomic E-state index is 5.23. The largest absolute Gasteiger partial charge is 0.356 e. The molecule has 1 fully saturated rings. The summed E-state index contributed by atoms with van der Waals surface area (Å²) in [5, 5.41) is 0. The Bertz CT molecular complexity index is 248. The van der Waals surface area contributed by atoms with Gasteiger partial charge in [0, 0.05) is 55.5 Å². The minimum Gasteiger partial charge on any atom is -0.356 e. The van der Waals surface area contributed by atoms with E-state index in [0.29, 0.717) is 0 Å². The molecule has 6 nitrogen and oxygen atoms in total. The zero-order valence-corrected chi connectivity index (χ0v) is 17.3. The van der Waals surface area contributed by atoms with Gasteiger partial charge in [0.25, 0.3) is 0 Å². The highest BCUT2D eigenvalue weighted by molar-refractivity contribution is 4.75. The van der Waals surface area contributed by atoms with Gasteiger partial charge >= 0.3 is 0 Å². The fraction of sp³-hybridized carbons (Fsp3) is 1.00. The summed E-state index contributed by atoms with van der Waals surface area (Å²) >= 11 is 0. The molecule has 0 N–H and O–H groups in total. The zero-order chi connectivity index (χ0) is 19.1. The summed E-state index contributed by atoms with van der Waals surface area (Å²) in [6.07, 6.45) is 6.67. The molecule has 0 atom stereocenters. The van der Waals surface area contributed by atoms with Crippen molar-refractivity contribution in [3.63, 3.8) is 0 Å². The van der Waals surface area contributed by atoms with Crippen LogP contribution in [0.3, 0.4) is 0 Å². The van der Waals surface area contributed by atoms with Crippen molar-refractivity contribution in [1.82, 2.24) is 0 Å². The van der Waals surface area contributed by atoms with Crippen LogP contribution in [0.1, 0.15) is 59.3 Å². The summed E-state index contributed by atoms with van der Waals surface area (Å²) in [6.45, 7) is 5.81. The summed E-state index contributed by atoms with van der Waals surface area (Å²) in [6, 6.07) is 0. The van der Waals surface area contributed by atoms with Gasteiger partial charge in [-0.25, -0.2) is 0 Å². The van der Waals surface area contributed by atoms with Crippen molar-refractivity contribution < 1.29 is 28.4 Å². The van der Waals surface area contributed by atoms with E-state index in [9.17, 15) is 0 Å². The molecule has 0 spiro atoms. The third-order valence-electron chi connectivity index (χ3n) is 4.14. The molecule has 0 saturated heterocycles. The van der Waals surface area contributed by atoms with Gasteiger partial charge in [-0.1, -0.05) is 13.3 Å². The average molecular weight is 353 g/mol. The van der Waals surface area contributed by atoms with E-state index in [4.69, 9.17) is 28.4 Å². The first kappa shape index (κ1) is 26.0. The Balaban J connectivity index is 0. The van der Waals surface area contributed by atoms with Crippen molar-refractivity contribution in [2.75, 3.05) is 42.7 Å². The molecular formula is C18H40O6. The summed E-state index contributed by atoms with van der Waals surface area (Å²) in [7, 11) is 9.98. The monoisotopic (exact) mass is 352 g/mol. The highest BCUT2D eigenvalue weighted by Gasteiger charge is 2.33. The van der Waals surface area contributed by atoms with Crippen LogP contribution in [0.25, 0.3) is 0 Å². The second kappa shape index (κ2) is 15.0. The average Bonchev–Trinajstić information content (AvgIpc) is 3.10. The first-order valence-corrected chi connectivity index (χ1v) is 8.56. The SMILES string of the molecule is CCCC(OC)OC.COC(C)(C)OC.COC1(OC)CCCC1. The highest BCUT2D eigenvalue weighted by Crippen LogP contribution is 2.32. The predicted octanol–water partition coefficient (Wildman–Crippen LogP) is 3.97. The van der Waals surface area contributed by atoms with Crippen LogP contribution in [0.5, 0.6) is 0 Å². The third-order valence-corrected chi connectivity index (χ3v) is 4.14. The zero-order valence-electron chi connectivity index (χ0n) is 17.3. The topological polar surface area (TPSA) is 55.4 Å². The molecule has 0 aromatic heterocycles. The first-order chi connectivity index (χ1) is 11.3. The number of rotatable bonds is 8. The van der Waals surface area contributed by atoms with E-state index in [1.54, 1.807) is 42.7 Å². The Morgan fingerprint density at radius 3 is 1.38 bits per heavy atom. The minimum absolute atomic E-state index is 0.000000000000000444. The van der Waals surface area contributed by atoms with E-state index in [2.05, 4.69) is 6.92 Å². The number of ether oxygens (including phenoxy) is 6. The van der Waals surface area contributed by atoms with Crippen LogP contribution in [0.15, 0.2) is 0 Å². The second-order valence-corrected chi connectivity index (χ2v) is 6.02. The second-order valence-electron chi connectivity index (χ2n) is 6.02. The number of hydrogen-bond acceptors (Lipinski definition) is 6. The van der Waals surface area contributed by atoms with Gasteiger partial charge in [0.05, 0.1) is 0 Å². The molecule has 148 valence electrons. The third kappa shape index (κ3) is 12.2. The molecule has 0 amide bonds. The van der Waals surface area contributed by atoms with Gasteiger partial charge in [-0.15, -0.1) is 0 Å². The summed E-state index contributed by atoms with van der Waals surface area (Å²) in [4.78, 5) is 0. The van der Waals surface area contributed by atoms with Crippen LogP contribution >= 0.6 is 0 Å². The molecule has 0 radical (unpaired) electrons. The van der Waals surface area contributed by atoms with E-state index in [-0.39, 0.29) is 12.1 Å². The Kier molecular flexibility index (Phi) is 16.3.